The van der Waals surface area contributed by atoms with Crippen LogP contribution < -0.4 is 9.47 Å². The van der Waals surface area contributed by atoms with E-state index in [1.54, 1.807) is 20.9 Å². The zero-order chi connectivity index (χ0) is 21.6. The van der Waals surface area contributed by atoms with Crippen molar-refractivity contribution in [2.75, 3.05) is 28.4 Å². The van der Waals surface area contributed by atoms with E-state index in [9.17, 15) is 9.59 Å². The molecular weight excluding hydrogens is 378 g/mol. The number of ether oxygens (including phenoxy) is 4. The van der Waals surface area contributed by atoms with Crippen LogP contribution in [0.4, 0.5) is 4.79 Å². The Morgan fingerprint density at radius 3 is 2.24 bits per heavy atom. The maximum absolute atomic E-state index is 12.6. The van der Waals surface area contributed by atoms with Gasteiger partial charge in [0.25, 0.3) is 5.88 Å². The Bertz CT molecular complexity index is 870. The minimum Gasteiger partial charge on any atom is -0.489 e. The fourth-order valence-corrected chi connectivity index (χ4v) is 2.46. The van der Waals surface area contributed by atoms with Crippen molar-refractivity contribution in [1.29, 1.82) is 0 Å². The molecule has 0 saturated carbocycles. The van der Waals surface area contributed by atoms with Crippen LogP contribution in [0.2, 0.25) is 0 Å². The van der Waals surface area contributed by atoms with E-state index in [0.29, 0.717) is 0 Å². The summed E-state index contributed by atoms with van der Waals surface area (Å²) in [7, 11) is 5.55. The van der Waals surface area contributed by atoms with E-state index in [-0.39, 0.29) is 29.8 Å². The number of hydrogen-bond donors (Lipinski definition) is 0. The van der Waals surface area contributed by atoms with Crippen LogP contribution in [0, 0.1) is 0 Å². The first-order valence-electron chi connectivity index (χ1n) is 8.79. The highest BCUT2D eigenvalue weighted by Gasteiger charge is 2.36. The Morgan fingerprint density at radius 2 is 1.69 bits per heavy atom. The van der Waals surface area contributed by atoms with Crippen LogP contribution in [-0.4, -0.2) is 55.3 Å². The minimum atomic E-state index is -1.03. The SMILES string of the molecule is COC(=O)c1nc(C(C)(C)N(C)C(=O)OCc2ccccc2)nc(OC)c1OC. The van der Waals surface area contributed by atoms with Crippen LogP contribution in [0.5, 0.6) is 11.6 Å². The minimum absolute atomic E-state index is 0.0493. The van der Waals surface area contributed by atoms with Crippen LogP contribution in [0.1, 0.15) is 35.7 Å². The standard InChI is InChI=1S/C20H25N3O6/c1-20(2,23(3)19(25)29-12-13-10-8-7-9-11-13)18-21-14(17(24)28-6)15(26-4)16(22-18)27-5/h7-11H,12H2,1-6H3. The molecule has 2 rings (SSSR count). The predicted octanol–water partition coefficient (Wildman–Crippen LogP) is 2.78. The molecule has 9 heteroatoms. The molecule has 0 bridgehead atoms. The van der Waals surface area contributed by atoms with Crippen LogP contribution in [-0.2, 0) is 21.6 Å². The first kappa shape index (κ1) is 21.9. The van der Waals surface area contributed by atoms with E-state index >= 15 is 0 Å². The molecule has 0 spiro atoms. The number of methoxy groups -OCH3 is 3. The summed E-state index contributed by atoms with van der Waals surface area (Å²) in [4.78, 5) is 34.7. The molecule has 29 heavy (non-hydrogen) atoms. The second-order valence-electron chi connectivity index (χ2n) is 6.59. The largest absolute Gasteiger partial charge is 0.489 e. The van der Waals surface area contributed by atoms with Gasteiger partial charge in [-0.05, 0) is 19.4 Å². The third-order valence-corrected chi connectivity index (χ3v) is 4.48. The summed E-state index contributed by atoms with van der Waals surface area (Å²) in [6.07, 6.45) is -0.572. The second kappa shape index (κ2) is 9.22. The van der Waals surface area contributed by atoms with Crippen molar-refractivity contribution >= 4 is 12.1 Å². The van der Waals surface area contributed by atoms with E-state index < -0.39 is 17.6 Å². The van der Waals surface area contributed by atoms with Crippen molar-refractivity contribution in [2.24, 2.45) is 0 Å². The lowest BCUT2D eigenvalue weighted by molar-refractivity contribution is 0.0582. The highest BCUT2D eigenvalue weighted by atomic mass is 16.6. The lowest BCUT2D eigenvalue weighted by atomic mass is 10.0. The second-order valence-corrected chi connectivity index (χ2v) is 6.59. The van der Waals surface area contributed by atoms with Crippen molar-refractivity contribution in [3.05, 3.63) is 47.4 Å². The molecule has 1 amide bonds. The normalized spacial score (nSPS) is 10.8. The van der Waals surface area contributed by atoms with Crippen molar-refractivity contribution in [3.8, 4) is 11.6 Å². The van der Waals surface area contributed by atoms with Gasteiger partial charge in [-0.3, -0.25) is 4.90 Å². The molecule has 0 aliphatic heterocycles. The number of nitrogens with zero attached hydrogens (tertiary/aromatic N) is 3. The van der Waals surface area contributed by atoms with Crippen molar-refractivity contribution in [3.63, 3.8) is 0 Å². The van der Waals surface area contributed by atoms with Gasteiger partial charge >= 0.3 is 12.1 Å². The molecule has 1 aromatic carbocycles. The fraction of sp³-hybridized carbons (Fsp3) is 0.400. The van der Waals surface area contributed by atoms with Crippen LogP contribution in [0.25, 0.3) is 0 Å². The Labute approximate surface area is 169 Å². The topological polar surface area (TPSA) is 100 Å². The first-order chi connectivity index (χ1) is 13.8. The van der Waals surface area contributed by atoms with Crippen molar-refractivity contribution in [1.82, 2.24) is 14.9 Å². The van der Waals surface area contributed by atoms with Crippen molar-refractivity contribution < 1.29 is 28.5 Å². The van der Waals surface area contributed by atoms with Gasteiger partial charge in [0.15, 0.2) is 11.5 Å². The molecule has 0 unspecified atom stereocenters. The third kappa shape index (κ3) is 4.74. The van der Waals surface area contributed by atoms with Gasteiger partial charge in [-0.25, -0.2) is 14.6 Å². The number of carbonyl (C=O) groups excluding carboxylic acids is 2. The molecule has 0 saturated heterocycles. The Morgan fingerprint density at radius 1 is 1.03 bits per heavy atom. The molecule has 9 nitrogen and oxygen atoms in total. The molecule has 0 radical (unpaired) electrons. The molecule has 0 aliphatic rings. The highest BCUT2D eigenvalue weighted by molar-refractivity contribution is 5.91. The van der Waals surface area contributed by atoms with Crippen LogP contribution >= 0.6 is 0 Å². The molecule has 0 atom stereocenters. The van der Waals surface area contributed by atoms with E-state index in [0.717, 1.165) is 5.56 Å². The van der Waals surface area contributed by atoms with Crippen LogP contribution in [0.15, 0.2) is 30.3 Å². The molecule has 0 fully saturated rings. The quantitative estimate of drug-likeness (QED) is 0.651. The van der Waals surface area contributed by atoms with E-state index in [1.165, 1.54) is 26.2 Å². The van der Waals surface area contributed by atoms with E-state index in [4.69, 9.17) is 18.9 Å². The van der Waals surface area contributed by atoms with Gasteiger partial charge in [0.1, 0.15) is 12.1 Å². The van der Waals surface area contributed by atoms with Gasteiger partial charge in [0.2, 0.25) is 5.75 Å². The average Bonchev–Trinajstić information content (AvgIpc) is 2.75. The van der Waals surface area contributed by atoms with Gasteiger partial charge in [-0.15, -0.1) is 0 Å². The van der Waals surface area contributed by atoms with Gasteiger partial charge in [-0.2, -0.15) is 4.98 Å². The maximum atomic E-state index is 12.6. The number of carbonyl (C=O) groups is 2. The summed E-state index contributed by atoms with van der Waals surface area (Å²) in [6, 6.07) is 9.33. The Kier molecular flexibility index (Phi) is 6.98. The van der Waals surface area contributed by atoms with Crippen molar-refractivity contribution in [2.45, 2.75) is 26.0 Å². The summed E-state index contributed by atoms with van der Waals surface area (Å²) in [5.41, 5.74) is -0.269. The predicted molar refractivity (Wildman–Crippen MR) is 104 cm³/mol. The Hall–Kier alpha value is -3.36. The molecule has 2 aromatic rings. The number of benzene rings is 1. The monoisotopic (exact) mass is 403 g/mol. The number of hydrogen-bond acceptors (Lipinski definition) is 8. The molecule has 0 N–H and O–H groups in total. The lowest BCUT2D eigenvalue weighted by Crippen LogP contribution is -2.44. The summed E-state index contributed by atoms with van der Waals surface area (Å²) in [5, 5.41) is 0. The maximum Gasteiger partial charge on any atom is 0.410 e. The zero-order valence-electron chi connectivity index (χ0n) is 17.4. The lowest BCUT2D eigenvalue weighted by Gasteiger charge is -2.33. The third-order valence-electron chi connectivity index (χ3n) is 4.48. The number of aromatic nitrogens is 2. The zero-order valence-corrected chi connectivity index (χ0v) is 17.4. The van der Waals surface area contributed by atoms with Gasteiger partial charge in [-0.1, -0.05) is 30.3 Å². The average molecular weight is 403 g/mol. The van der Waals surface area contributed by atoms with Gasteiger partial charge < -0.3 is 18.9 Å². The number of rotatable bonds is 7. The highest BCUT2D eigenvalue weighted by Crippen LogP contribution is 2.33. The molecule has 1 heterocycles. The summed E-state index contributed by atoms with van der Waals surface area (Å²) in [5.74, 6) is -0.450. The number of esters is 1. The molecule has 0 aliphatic carbocycles. The number of amides is 1. The van der Waals surface area contributed by atoms with Crippen LogP contribution in [0.3, 0.4) is 0 Å². The Balaban J connectivity index is 2.32. The smallest absolute Gasteiger partial charge is 0.410 e. The first-order valence-corrected chi connectivity index (χ1v) is 8.79. The van der Waals surface area contributed by atoms with Gasteiger partial charge in [0, 0.05) is 7.05 Å². The molecular formula is C20H25N3O6. The summed E-state index contributed by atoms with van der Waals surface area (Å²) in [6.45, 7) is 3.57. The summed E-state index contributed by atoms with van der Waals surface area (Å²) < 4.78 is 20.6. The fourth-order valence-electron chi connectivity index (χ4n) is 2.46. The summed E-state index contributed by atoms with van der Waals surface area (Å²) >= 11 is 0. The van der Waals surface area contributed by atoms with E-state index in [2.05, 4.69) is 9.97 Å². The molecule has 156 valence electrons. The van der Waals surface area contributed by atoms with E-state index in [1.807, 2.05) is 30.3 Å². The molecule has 1 aromatic heterocycles. The van der Waals surface area contributed by atoms with Gasteiger partial charge in [0.05, 0.1) is 21.3 Å².